The molecule has 0 aromatic heterocycles. The fraction of sp³-hybridized carbons (Fsp3) is 0.417. The highest BCUT2D eigenvalue weighted by Gasteiger charge is 2.34. The smallest absolute Gasteiger partial charge is 0.302 e. The summed E-state index contributed by atoms with van der Waals surface area (Å²) < 4.78 is 4.95. The Morgan fingerprint density at radius 1 is 1.40 bits per heavy atom. The number of rotatable bonds is 3. The first-order chi connectivity index (χ1) is 7.20. The average Bonchev–Trinajstić information content (AvgIpc) is 2.23. The third-order valence-corrected chi connectivity index (χ3v) is 3.91. The number of carbonyl (C=O) groups excluding carboxylic acids is 1. The first-order valence-electron chi connectivity index (χ1n) is 5.06. The van der Waals surface area contributed by atoms with Gasteiger partial charge in [-0.05, 0) is 17.5 Å². The summed E-state index contributed by atoms with van der Waals surface area (Å²) in [6.45, 7) is 1.96. The van der Waals surface area contributed by atoms with Crippen LogP contribution in [0.3, 0.4) is 0 Å². The van der Waals surface area contributed by atoms with E-state index in [9.17, 15) is 4.79 Å². The van der Waals surface area contributed by atoms with Crippen LogP contribution in [-0.2, 0) is 9.53 Å². The Bertz CT molecular complexity index is 376. The Hall–Kier alpha value is -0.830. The van der Waals surface area contributed by atoms with Crippen molar-refractivity contribution < 1.29 is 9.53 Å². The first-order valence-corrected chi connectivity index (χ1v) is 5.98. The van der Waals surface area contributed by atoms with Gasteiger partial charge in [0, 0.05) is 17.7 Å². The highest BCUT2D eigenvalue weighted by atomic mass is 79.9. The van der Waals surface area contributed by atoms with Crippen molar-refractivity contribution in [3.8, 4) is 0 Å². The molecule has 0 unspecified atom stereocenters. The number of ether oxygens (including phenoxy) is 1. The van der Waals surface area contributed by atoms with Crippen LogP contribution in [0.15, 0.2) is 24.3 Å². The summed E-state index contributed by atoms with van der Waals surface area (Å²) in [5.74, 6) is 0.286. The molecule has 1 aliphatic carbocycles. The zero-order valence-electron chi connectivity index (χ0n) is 8.57. The van der Waals surface area contributed by atoms with Crippen LogP contribution in [0.1, 0.15) is 35.2 Å². The number of hydrogen-bond donors (Lipinski definition) is 0. The van der Waals surface area contributed by atoms with E-state index in [2.05, 4.69) is 40.2 Å². The van der Waals surface area contributed by atoms with E-state index in [0.29, 0.717) is 17.4 Å². The van der Waals surface area contributed by atoms with Gasteiger partial charge in [-0.15, -0.1) is 0 Å². The molecular weight excluding hydrogens is 256 g/mol. The predicted octanol–water partition coefficient (Wildman–Crippen LogP) is 3.17. The third kappa shape index (κ3) is 2.07. The molecule has 0 bridgehead atoms. The van der Waals surface area contributed by atoms with Crippen molar-refractivity contribution in [2.45, 2.75) is 24.1 Å². The second-order valence-electron chi connectivity index (χ2n) is 3.77. The molecular formula is C12H13BrO2. The van der Waals surface area contributed by atoms with Gasteiger partial charge in [-0.3, -0.25) is 4.79 Å². The zero-order valence-corrected chi connectivity index (χ0v) is 10.2. The van der Waals surface area contributed by atoms with Crippen LogP contribution in [0.2, 0.25) is 0 Å². The molecule has 3 heteroatoms. The summed E-state index contributed by atoms with van der Waals surface area (Å²) in [6.07, 6.45) is 0.895. The van der Waals surface area contributed by atoms with Crippen LogP contribution >= 0.6 is 15.9 Å². The molecule has 2 nitrogen and oxygen atoms in total. The molecule has 2 atom stereocenters. The van der Waals surface area contributed by atoms with Crippen LogP contribution < -0.4 is 0 Å². The molecule has 2 rings (SSSR count). The van der Waals surface area contributed by atoms with Crippen LogP contribution in [0.25, 0.3) is 0 Å². The zero-order chi connectivity index (χ0) is 10.8. The van der Waals surface area contributed by atoms with Gasteiger partial charge in [0.2, 0.25) is 0 Å². The Balaban J connectivity index is 1.94. The lowest BCUT2D eigenvalue weighted by atomic mass is 9.76. The van der Waals surface area contributed by atoms with Gasteiger partial charge in [0.1, 0.15) is 0 Å². The molecule has 1 aromatic carbocycles. The first kappa shape index (κ1) is 10.7. The van der Waals surface area contributed by atoms with Gasteiger partial charge in [0.05, 0.1) is 6.61 Å². The monoisotopic (exact) mass is 268 g/mol. The standard InChI is InChI=1S/C12H13BrO2/c1-8(14)15-7-6-11-9-4-2-3-5-10(9)12(11)13/h2-5,11-12H,6-7H2,1H3/t11-,12-/m1/s1. The van der Waals surface area contributed by atoms with Crippen molar-refractivity contribution in [2.24, 2.45) is 0 Å². The predicted molar refractivity (Wildman–Crippen MR) is 62.1 cm³/mol. The summed E-state index contributed by atoms with van der Waals surface area (Å²) in [5.41, 5.74) is 2.75. The Kier molecular flexibility index (Phi) is 3.10. The second kappa shape index (κ2) is 4.35. The summed E-state index contributed by atoms with van der Waals surface area (Å²) in [7, 11) is 0. The number of esters is 1. The number of hydrogen-bond acceptors (Lipinski definition) is 2. The van der Waals surface area contributed by atoms with E-state index in [1.54, 1.807) is 0 Å². The van der Waals surface area contributed by atoms with Crippen LogP contribution in [0, 0.1) is 0 Å². The van der Waals surface area contributed by atoms with Gasteiger partial charge in [-0.1, -0.05) is 40.2 Å². The topological polar surface area (TPSA) is 26.3 Å². The molecule has 1 aromatic rings. The van der Waals surface area contributed by atoms with Gasteiger partial charge < -0.3 is 4.74 Å². The van der Waals surface area contributed by atoms with E-state index in [4.69, 9.17) is 4.74 Å². The SMILES string of the molecule is CC(=O)OCC[C@@H]1c2ccccc2[C@H]1Br. The maximum atomic E-state index is 10.6. The normalized spacial score (nSPS) is 22.8. The summed E-state index contributed by atoms with van der Waals surface area (Å²) in [5, 5.41) is 0. The molecule has 0 heterocycles. The molecule has 0 amide bonds. The molecule has 0 radical (unpaired) electrons. The maximum absolute atomic E-state index is 10.6. The maximum Gasteiger partial charge on any atom is 0.302 e. The van der Waals surface area contributed by atoms with Crippen LogP contribution in [0.4, 0.5) is 0 Å². The minimum Gasteiger partial charge on any atom is -0.466 e. The van der Waals surface area contributed by atoms with Gasteiger partial charge >= 0.3 is 5.97 Å². The minimum absolute atomic E-state index is 0.200. The second-order valence-corrected chi connectivity index (χ2v) is 4.75. The van der Waals surface area contributed by atoms with Crippen LogP contribution in [0.5, 0.6) is 0 Å². The van der Waals surface area contributed by atoms with E-state index in [1.165, 1.54) is 18.1 Å². The van der Waals surface area contributed by atoms with Gasteiger partial charge in [-0.25, -0.2) is 0 Å². The molecule has 1 aliphatic rings. The molecule has 0 N–H and O–H groups in total. The molecule has 0 saturated heterocycles. The fourth-order valence-electron chi connectivity index (χ4n) is 2.01. The molecule has 0 saturated carbocycles. The van der Waals surface area contributed by atoms with E-state index in [1.807, 2.05) is 0 Å². The van der Waals surface area contributed by atoms with Crippen LogP contribution in [-0.4, -0.2) is 12.6 Å². The lowest BCUT2D eigenvalue weighted by molar-refractivity contribution is -0.141. The highest BCUT2D eigenvalue weighted by Crippen LogP contribution is 2.51. The van der Waals surface area contributed by atoms with Gasteiger partial charge in [-0.2, -0.15) is 0 Å². The lowest BCUT2D eigenvalue weighted by Gasteiger charge is -2.35. The lowest BCUT2D eigenvalue weighted by Crippen LogP contribution is -2.21. The summed E-state index contributed by atoms with van der Waals surface area (Å²) in [6, 6.07) is 8.38. The van der Waals surface area contributed by atoms with E-state index in [-0.39, 0.29) is 5.97 Å². The Labute approximate surface area is 97.8 Å². The highest BCUT2D eigenvalue weighted by molar-refractivity contribution is 9.09. The number of fused-ring (bicyclic) bond motifs is 1. The molecule has 15 heavy (non-hydrogen) atoms. The fourth-order valence-corrected chi connectivity index (χ4v) is 2.98. The largest absolute Gasteiger partial charge is 0.466 e. The van der Waals surface area contributed by atoms with Crippen molar-refractivity contribution in [2.75, 3.05) is 6.61 Å². The van der Waals surface area contributed by atoms with Crippen molar-refractivity contribution in [3.05, 3.63) is 35.4 Å². The average molecular weight is 269 g/mol. The molecule has 80 valence electrons. The summed E-state index contributed by atoms with van der Waals surface area (Å²) >= 11 is 3.65. The quantitative estimate of drug-likeness (QED) is 0.622. The van der Waals surface area contributed by atoms with Crippen molar-refractivity contribution in [3.63, 3.8) is 0 Å². The molecule has 0 aliphatic heterocycles. The van der Waals surface area contributed by atoms with Crippen molar-refractivity contribution >= 4 is 21.9 Å². The number of alkyl halides is 1. The van der Waals surface area contributed by atoms with Gasteiger partial charge in [0.15, 0.2) is 0 Å². The number of benzene rings is 1. The van der Waals surface area contributed by atoms with E-state index in [0.717, 1.165) is 6.42 Å². The Morgan fingerprint density at radius 3 is 2.73 bits per heavy atom. The van der Waals surface area contributed by atoms with E-state index >= 15 is 0 Å². The minimum atomic E-state index is -0.200. The molecule has 0 spiro atoms. The third-order valence-electron chi connectivity index (χ3n) is 2.78. The van der Waals surface area contributed by atoms with E-state index < -0.39 is 0 Å². The number of halogens is 1. The number of carbonyl (C=O) groups is 1. The van der Waals surface area contributed by atoms with Crippen molar-refractivity contribution in [1.29, 1.82) is 0 Å². The Morgan fingerprint density at radius 2 is 2.07 bits per heavy atom. The van der Waals surface area contributed by atoms with Gasteiger partial charge in [0.25, 0.3) is 0 Å². The van der Waals surface area contributed by atoms with Crippen molar-refractivity contribution in [1.82, 2.24) is 0 Å². The summed E-state index contributed by atoms with van der Waals surface area (Å²) in [4.78, 5) is 11.0. The molecule has 0 fully saturated rings.